The Balaban J connectivity index is 0.929. The number of fused-ring (bicyclic) bond motifs is 8. The van der Waals surface area contributed by atoms with Crippen LogP contribution in [0.15, 0.2) is 224 Å². The summed E-state index contributed by atoms with van der Waals surface area (Å²) in [6.45, 7) is 4.74. The highest BCUT2D eigenvalue weighted by molar-refractivity contribution is 6.11. The van der Waals surface area contributed by atoms with E-state index in [4.69, 9.17) is 9.97 Å². The van der Waals surface area contributed by atoms with Crippen LogP contribution in [-0.2, 0) is 5.41 Å². The lowest BCUT2D eigenvalue weighted by molar-refractivity contribution is 0.661. The summed E-state index contributed by atoms with van der Waals surface area (Å²) in [4.78, 5) is 10.6. The van der Waals surface area contributed by atoms with Gasteiger partial charge in [0, 0.05) is 38.6 Å². The summed E-state index contributed by atoms with van der Waals surface area (Å²) in [7, 11) is 0. The number of benzene rings is 10. The lowest BCUT2D eigenvalue weighted by Gasteiger charge is -2.22. The fourth-order valence-corrected chi connectivity index (χ4v) is 10.7. The van der Waals surface area contributed by atoms with Crippen molar-refractivity contribution < 1.29 is 0 Å². The SMILES string of the molecule is CC1(C)c2cc3ccccc3cc2-c2c(-c3ccc(-c4cc(-c5ccc(-c6ccc7c8ccccc8n(-c8ccccc8)c7c6)cc5)nc(-c5ccccc5)n4)c4ccccc34)cccc21. The Bertz CT molecular complexity index is 3880. The maximum atomic E-state index is 5.32. The molecule has 3 nitrogen and oxygen atoms in total. The summed E-state index contributed by atoms with van der Waals surface area (Å²) in [5.41, 5.74) is 18.5. The Morgan fingerprint density at radius 3 is 1.74 bits per heavy atom. The maximum absolute atomic E-state index is 5.32. The monoisotopic (exact) mass is 841 g/mol. The second kappa shape index (κ2) is 14.8. The first-order valence-electron chi connectivity index (χ1n) is 22.8. The van der Waals surface area contributed by atoms with Gasteiger partial charge in [0.15, 0.2) is 5.82 Å². The molecule has 0 spiro atoms. The number of rotatable bonds is 6. The van der Waals surface area contributed by atoms with E-state index in [0.29, 0.717) is 5.82 Å². The highest BCUT2D eigenvalue weighted by atomic mass is 15.0. The lowest BCUT2D eigenvalue weighted by Crippen LogP contribution is -2.14. The normalized spacial score (nSPS) is 12.8. The molecule has 0 radical (unpaired) electrons. The third kappa shape index (κ3) is 5.97. The van der Waals surface area contributed by atoms with Crippen LogP contribution in [0.5, 0.6) is 0 Å². The van der Waals surface area contributed by atoms with E-state index in [2.05, 4.69) is 237 Å². The van der Waals surface area contributed by atoms with Gasteiger partial charge in [-0.25, -0.2) is 9.97 Å². The summed E-state index contributed by atoms with van der Waals surface area (Å²) in [6, 6.07) is 81.3. The number of nitrogens with zero attached hydrogens (tertiary/aromatic N) is 3. The predicted octanol–water partition coefficient (Wildman–Crippen LogP) is 16.5. The van der Waals surface area contributed by atoms with Gasteiger partial charge in [-0.3, -0.25) is 0 Å². The number of para-hydroxylation sites is 2. The molecule has 310 valence electrons. The predicted molar refractivity (Wildman–Crippen MR) is 276 cm³/mol. The van der Waals surface area contributed by atoms with Gasteiger partial charge in [-0.2, -0.15) is 0 Å². The molecule has 1 aliphatic carbocycles. The molecule has 1 aliphatic rings. The minimum Gasteiger partial charge on any atom is -0.309 e. The second-order valence-electron chi connectivity index (χ2n) is 18.1. The van der Waals surface area contributed by atoms with Crippen LogP contribution in [0.1, 0.15) is 25.0 Å². The molecule has 0 atom stereocenters. The van der Waals surface area contributed by atoms with Crippen molar-refractivity contribution in [3.63, 3.8) is 0 Å². The highest BCUT2D eigenvalue weighted by Crippen LogP contribution is 2.54. The van der Waals surface area contributed by atoms with E-state index in [1.807, 2.05) is 6.07 Å². The molecule has 2 heterocycles. The van der Waals surface area contributed by atoms with Gasteiger partial charge in [0.25, 0.3) is 0 Å². The van der Waals surface area contributed by atoms with Crippen molar-refractivity contribution in [3.8, 4) is 73.0 Å². The van der Waals surface area contributed by atoms with Crippen molar-refractivity contribution >= 4 is 43.4 Å². The molecule has 0 fully saturated rings. The largest absolute Gasteiger partial charge is 0.309 e. The molecule has 66 heavy (non-hydrogen) atoms. The van der Waals surface area contributed by atoms with Gasteiger partial charge in [0.2, 0.25) is 0 Å². The minimum atomic E-state index is -0.124. The Morgan fingerprint density at radius 2 is 0.955 bits per heavy atom. The van der Waals surface area contributed by atoms with Crippen molar-refractivity contribution in [1.29, 1.82) is 0 Å². The zero-order chi connectivity index (χ0) is 43.9. The van der Waals surface area contributed by atoms with Gasteiger partial charge < -0.3 is 4.57 Å². The van der Waals surface area contributed by atoms with E-state index >= 15 is 0 Å². The van der Waals surface area contributed by atoms with E-state index < -0.39 is 0 Å². The first kappa shape index (κ1) is 38.1. The second-order valence-corrected chi connectivity index (χ2v) is 18.1. The highest BCUT2D eigenvalue weighted by Gasteiger charge is 2.37. The molecular formula is C63H43N3. The van der Waals surface area contributed by atoms with E-state index in [0.717, 1.165) is 44.7 Å². The van der Waals surface area contributed by atoms with Crippen molar-refractivity contribution in [2.75, 3.05) is 0 Å². The lowest BCUT2D eigenvalue weighted by atomic mass is 9.81. The van der Waals surface area contributed by atoms with Crippen molar-refractivity contribution in [3.05, 3.63) is 236 Å². The van der Waals surface area contributed by atoms with Crippen LogP contribution >= 0.6 is 0 Å². The van der Waals surface area contributed by atoms with Crippen LogP contribution in [0.25, 0.3) is 116 Å². The molecule has 13 rings (SSSR count). The third-order valence-electron chi connectivity index (χ3n) is 14.0. The van der Waals surface area contributed by atoms with Gasteiger partial charge in [-0.15, -0.1) is 0 Å². The molecule has 0 saturated heterocycles. The van der Waals surface area contributed by atoms with Crippen LogP contribution < -0.4 is 0 Å². The van der Waals surface area contributed by atoms with Gasteiger partial charge in [0.05, 0.1) is 22.4 Å². The molecular weight excluding hydrogens is 799 g/mol. The molecule has 12 aromatic rings. The van der Waals surface area contributed by atoms with Gasteiger partial charge >= 0.3 is 0 Å². The van der Waals surface area contributed by atoms with Crippen LogP contribution in [-0.4, -0.2) is 14.5 Å². The molecule has 0 bridgehead atoms. The Kier molecular flexibility index (Phi) is 8.56. The fourth-order valence-electron chi connectivity index (χ4n) is 10.7. The van der Waals surface area contributed by atoms with Crippen LogP contribution in [0.4, 0.5) is 0 Å². The minimum absolute atomic E-state index is 0.124. The third-order valence-corrected chi connectivity index (χ3v) is 14.0. The van der Waals surface area contributed by atoms with Gasteiger partial charge in [-0.05, 0) is 109 Å². The van der Waals surface area contributed by atoms with Gasteiger partial charge in [-0.1, -0.05) is 196 Å². The van der Waals surface area contributed by atoms with Gasteiger partial charge in [0.1, 0.15) is 0 Å². The number of hydrogen-bond donors (Lipinski definition) is 0. The maximum Gasteiger partial charge on any atom is 0.160 e. The summed E-state index contributed by atoms with van der Waals surface area (Å²) in [6.07, 6.45) is 0. The zero-order valence-electron chi connectivity index (χ0n) is 36.7. The van der Waals surface area contributed by atoms with E-state index in [1.165, 1.54) is 76.9 Å². The Hall–Kier alpha value is -8.40. The summed E-state index contributed by atoms with van der Waals surface area (Å²) < 4.78 is 2.38. The van der Waals surface area contributed by atoms with Crippen molar-refractivity contribution in [2.24, 2.45) is 0 Å². The first-order chi connectivity index (χ1) is 32.5. The smallest absolute Gasteiger partial charge is 0.160 e. The first-order valence-corrected chi connectivity index (χ1v) is 22.8. The standard InChI is InChI=1S/C63H43N3/c1-63(2)55-26-15-25-53(61(55)54-36-43-18-9-10-19-44(43)37-56(54)63)49-34-35-50(48-23-12-11-22-47(48)49)58-39-57(64-62(65-58)42-16-5-3-6-17-42)41-30-28-40(29-31-41)45-32-33-52-51-24-13-14-27-59(51)66(60(52)38-45)46-20-7-4-8-21-46/h3-39H,1-2H3. The average Bonchev–Trinajstić information content (AvgIpc) is 3.83. The molecule has 0 aliphatic heterocycles. The zero-order valence-corrected chi connectivity index (χ0v) is 36.7. The molecule has 2 aromatic heterocycles. The van der Waals surface area contributed by atoms with E-state index in [9.17, 15) is 0 Å². The Labute approximate surface area is 384 Å². The molecule has 0 amide bonds. The molecule has 0 unspecified atom stereocenters. The summed E-state index contributed by atoms with van der Waals surface area (Å²) >= 11 is 0. The van der Waals surface area contributed by atoms with E-state index in [-0.39, 0.29) is 5.41 Å². The molecule has 0 N–H and O–H groups in total. The van der Waals surface area contributed by atoms with Crippen molar-refractivity contribution in [1.82, 2.24) is 14.5 Å². The van der Waals surface area contributed by atoms with E-state index in [1.54, 1.807) is 0 Å². The fraction of sp³-hybridized carbons (Fsp3) is 0.0476. The van der Waals surface area contributed by atoms with Crippen LogP contribution in [0, 0.1) is 0 Å². The summed E-state index contributed by atoms with van der Waals surface area (Å²) in [5.74, 6) is 0.700. The quantitative estimate of drug-likeness (QED) is 0.167. The topological polar surface area (TPSA) is 30.7 Å². The van der Waals surface area contributed by atoms with Crippen molar-refractivity contribution in [2.45, 2.75) is 19.3 Å². The number of hydrogen-bond acceptors (Lipinski definition) is 2. The van der Waals surface area contributed by atoms with Crippen LogP contribution in [0.2, 0.25) is 0 Å². The number of aromatic nitrogens is 3. The average molecular weight is 842 g/mol. The molecule has 10 aromatic carbocycles. The molecule has 3 heteroatoms. The van der Waals surface area contributed by atoms with Crippen LogP contribution in [0.3, 0.4) is 0 Å². The molecule has 0 saturated carbocycles. The Morgan fingerprint density at radius 1 is 0.348 bits per heavy atom. The summed E-state index contributed by atoms with van der Waals surface area (Å²) in [5, 5.41) is 7.40.